The zero-order valence-corrected chi connectivity index (χ0v) is 13.1. The molecule has 0 radical (unpaired) electrons. The average molecular weight is 306 g/mol. The average Bonchev–Trinajstić information content (AvgIpc) is 2.78. The SMILES string of the molecule is CC(=O)Nc1nc2ccc(C(=O)NCCN(C)C)cc2s1. The molecule has 2 N–H and O–H groups in total. The molecule has 0 atom stereocenters. The molecular formula is C14H18N4O2S. The predicted octanol–water partition coefficient (Wildman–Crippen LogP) is 1.55. The van der Waals surface area contributed by atoms with Crippen LogP contribution in [0.1, 0.15) is 17.3 Å². The van der Waals surface area contributed by atoms with Crippen molar-refractivity contribution in [1.29, 1.82) is 0 Å². The fraction of sp³-hybridized carbons (Fsp3) is 0.357. The van der Waals surface area contributed by atoms with E-state index in [-0.39, 0.29) is 11.8 Å². The minimum atomic E-state index is -0.157. The highest BCUT2D eigenvalue weighted by molar-refractivity contribution is 7.22. The largest absolute Gasteiger partial charge is 0.351 e. The smallest absolute Gasteiger partial charge is 0.251 e. The van der Waals surface area contributed by atoms with Crippen LogP contribution in [0.2, 0.25) is 0 Å². The molecule has 0 spiro atoms. The van der Waals surface area contributed by atoms with Gasteiger partial charge < -0.3 is 15.5 Å². The number of nitrogens with one attached hydrogen (secondary N) is 2. The lowest BCUT2D eigenvalue weighted by Gasteiger charge is -2.10. The molecule has 6 nitrogen and oxygen atoms in total. The summed E-state index contributed by atoms with van der Waals surface area (Å²) in [6.45, 7) is 2.83. The van der Waals surface area contributed by atoms with Crippen molar-refractivity contribution in [2.75, 3.05) is 32.5 Å². The summed E-state index contributed by atoms with van der Waals surface area (Å²) in [5, 5.41) is 6.06. The summed E-state index contributed by atoms with van der Waals surface area (Å²) < 4.78 is 0.874. The topological polar surface area (TPSA) is 74.3 Å². The summed E-state index contributed by atoms with van der Waals surface area (Å²) in [5.41, 5.74) is 1.37. The van der Waals surface area contributed by atoms with Crippen LogP contribution in [0.3, 0.4) is 0 Å². The first-order valence-corrected chi connectivity index (χ1v) is 7.38. The van der Waals surface area contributed by atoms with E-state index in [4.69, 9.17) is 0 Å². The Hall–Kier alpha value is -1.99. The molecule has 0 unspecified atom stereocenters. The lowest BCUT2D eigenvalue weighted by Crippen LogP contribution is -2.31. The molecule has 0 aliphatic rings. The van der Waals surface area contributed by atoms with E-state index in [0.29, 0.717) is 17.2 Å². The first-order chi connectivity index (χ1) is 9.95. The van der Waals surface area contributed by atoms with Gasteiger partial charge in [0.25, 0.3) is 5.91 Å². The number of thiazole rings is 1. The second-order valence-corrected chi connectivity index (χ2v) is 5.97. The van der Waals surface area contributed by atoms with E-state index in [1.807, 2.05) is 19.0 Å². The van der Waals surface area contributed by atoms with Gasteiger partial charge in [0.1, 0.15) is 0 Å². The van der Waals surface area contributed by atoms with Crippen LogP contribution in [-0.2, 0) is 4.79 Å². The summed E-state index contributed by atoms with van der Waals surface area (Å²) in [4.78, 5) is 29.4. The molecule has 0 saturated heterocycles. The van der Waals surface area contributed by atoms with Crippen molar-refractivity contribution in [3.63, 3.8) is 0 Å². The van der Waals surface area contributed by atoms with E-state index >= 15 is 0 Å². The Morgan fingerprint density at radius 3 is 2.76 bits per heavy atom. The Kier molecular flexibility index (Phi) is 4.87. The lowest BCUT2D eigenvalue weighted by atomic mass is 10.2. The van der Waals surface area contributed by atoms with E-state index in [9.17, 15) is 9.59 Å². The van der Waals surface area contributed by atoms with E-state index in [1.54, 1.807) is 18.2 Å². The highest BCUT2D eigenvalue weighted by Gasteiger charge is 2.10. The zero-order chi connectivity index (χ0) is 15.4. The molecular weight excluding hydrogens is 288 g/mol. The molecule has 1 heterocycles. The molecule has 1 aromatic carbocycles. The Labute approximate surface area is 127 Å². The van der Waals surface area contributed by atoms with Gasteiger partial charge in [-0.3, -0.25) is 9.59 Å². The summed E-state index contributed by atoms with van der Waals surface area (Å²) in [6, 6.07) is 5.33. The standard InChI is InChI=1S/C14H18N4O2S/c1-9(19)16-14-17-11-5-4-10(8-12(11)21-14)13(20)15-6-7-18(2)3/h4-5,8H,6-7H2,1-3H3,(H,15,20)(H,16,17,19). The number of anilines is 1. The van der Waals surface area contributed by atoms with Gasteiger partial charge >= 0.3 is 0 Å². The number of likely N-dealkylation sites (N-methyl/N-ethyl adjacent to an activating group) is 1. The first kappa shape index (κ1) is 15.4. The maximum Gasteiger partial charge on any atom is 0.251 e. The van der Waals surface area contributed by atoms with Gasteiger partial charge in [-0.05, 0) is 32.3 Å². The molecule has 2 amide bonds. The van der Waals surface area contributed by atoms with Crippen LogP contribution < -0.4 is 10.6 Å². The number of hydrogen-bond acceptors (Lipinski definition) is 5. The number of aromatic nitrogens is 1. The number of carbonyl (C=O) groups is 2. The van der Waals surface area contributed by atoms with Gasteiger partial charge in [-0.1, -0.05) is 11.3 Å². The van der Waals surface area contributed by atoms with Crippen molar-refractivity contribution in [1.82, 2.24) is 15.2 Å². The Morgan fingerprint density at radius 1 is 1.33 bits per heavy atom. The zero-order valence-electron chi connectivity index (χ0n) is 12.3. The van der Waals surface area contributed by atoms with Crippen LogP contribution in [0.25, 0.3) is 10.2 Å². The van der Waals surface area contributed by atoms with Crippen molar-refractivity contribution in [2.45, 2.75) is 6.92 Å². The predicted molar refractivity (Wildman–Crippen MR) is 84.8 cm³/mol. The van der Waals surface area contributed by atoms with Gasteiger partial charge in [0, 0.05) is 25.6 Å². The van der Waals surface area contributed by atoms with Crippen LogP contribution in [0, 0.1) is 0 Å². The number of hydrogen-bond donors (Lipinski definition) is 2. The molecule has 0 aliphatic heterocycles. The van der Waals surface area contributed by atoms with E-state index in [0.717, 1.165) is 16.8 Å². The van der Waals surface area contributed by atoms with Gasteiger partial charge in [-0.2, -0.15) is 0 Å². The molecule has 2 rings (SSSR count). The molecule has 0 aliphatic carbocycles. The van der Waals surface area contributed by atoms with Gasteiger partial charge in [0.05, 0.1) is 10.2 Å². The number of carbonyl (C=O) groups excluding carboxylic acids is 2. The molecule has 112 valence electrons. The third kappa shape index (κ3) is 4.24. The van der Waals surface area contributed by atoms with Crippen molar-refractivity contribution >= 4 is 38.5 Å². The van der Waals surface area contributed by atoms with Gasteiger partial charge in [-0.25, -0.2) is 4.98 Å². The summed E-state index contributed by atoms with van der Waals surface area (Å²) in [7, 11) is 3.91. The molecule has 2 aromatic rings. The lowest BCUT2D eigenvalue weighted by molar-refractivity contribution is -0.114. The van der Waals surface area contributed by atoms with Crippen LogP contribution in [-0.4, -0.2) is 48.9 Å². The van der Waals surface area contributed by atoms with E-state index in [1.165, 1.54) is 18.3 Å². The highest BCUT2D eigenvalue weighted by atomic mass is 32.1. The van der Waals surface area contributed by atoms with Gasteiger partial charge in [-0.15, -0.1) is 0 Å². The van der Waals surface area contributed by atoms with Crippen molar-refractivity contribution in [3.8, 4) is 0 Å². The molecule has 0 bridgehead atoms. The number of rotatable bonds is 5. The molecule has 21 heavy (non-hydrogen) atoms. The number of fused-ring (bicyclic) bond motifs is 1. The molecule has 0 fully saturated rings. The maximum absolute atomic E-state index is 12.0. The normalized spacial score (nSPS) is 10.9. The Morgan fingerprint density at radius 2 is 2.10 bits per heavy atom. The quantitative estimate of drug-likeness (QED) is 0.879. The number of benzene rings is 1. The minimum Gasteiger partial charge on any atom is -0.351 e. The van der Waals surface area contributed by atoms with E-state index in [2.05, 4.69) is 15.6 Å². The second kappa shape index (κ2) is 6.64. The minimum absolute atomic E-state index is 0.103. The Bertz CT molecular complexity index is 666. The fourth-order valence-electron chi connectivity index (χ4n) is 1.77. The molecule has 7 heteroatoms. The van der Waals surface area contributed by atoms with Gasteiger partial charge in [0.15, 0.2) is 5.13 Å². The first-order valence-electron chi connectivity index (χ1n) is 6.57. The van der Waals surface area contributed by atoms with Crippen LogP contribution in [0.15, 0.2) is 18.2 Å². The Balaban J connectivity index is 2.10. The summed E-state index contributed by atoms with van der Waals surface area (Å²) in [6.07, 6.45) is 0. The van der Waals surface area contributed by atoms with Gasteiger partial charge in [0.2, 0.25) is 5.91 Å². The number of amides is 2. The van der Waals surface area contributed by atoms with E-state index < -0.39 is 0 Å². The third-order valence-electron chi connectivity index (χ3n) is 2.78. The monoisotopic (exact) mass is 306 g/mol. The van der Waals surface area contributed by atoms with Crippen molar-refractivity contribution in [3.05, 3.63) is 23.8 Å². The van der Waals surface area contributed by atoms with Crippen LogP contribution in [0.4, 0.5) is 5.13 Å². The van der Waals surface area contributed by atoms with Crippen molar-refractivity contribution in [2.24, 2.45) is 0 Å². The fourth-order valence-corrected chi connectivity index (χ4v) is 2.72. The summed E-state index contributed by atoms with van der Waals surface area (Å²) in [5.74, 6) is -0.260. The summed E-state index contributed by atoms with van der Waals surface area (Å²) >= 11 is 1.35. The molecule has 0 saturated carbocycles. The second-order valence-electron chi connectivity index (χ2n) is 4.94. The van der Waals surface area contributed by atoms with Crippen molar-refractivity contribution < 1.29 is 9.59 Å². The van der Waals surface area contributed by atoms with Crippen LogP contribution in [0.5, 0.6) is 0 Å². The third-order valence-corrected chi connectivity index (χ3v) is 3.71. The highest BCUT2D eigenvalue weighted by Crippen LogP contribution is 2.26. The maximum atomic E-state index is 12.0. The number of nitrogens with zero attached hydrogens (tertiary/aromatic N) is 2. The molecule has 1 aromatic heterocycles. The van der Waals surface area contributed by atoms with Crippen LogP contribution >= 0.6 is 11.3 Å².